The molecule has 4 nitrogen and oxygen atoms in total. The molecule has 2 aromatic rings. The summed E-state index contributed by atoms with van der Waals surface area (Å²) in [6.07, 6.45) is 0. The van der Waals surface area contributed by atoms with E-state index in [1.54, 1.807) is 25.1 Å². The van der Waals surface area contributed by atoms with Crippen molar-refractivity contribution >= 4 is 5.97 Å². The zero-order valence-corrected chi connectivity index (χ0v) is 10.6. The van der Waals surface area contributed by atoms with Gasteiger partial charge in [0.05, 0.1) is 5.56 Å². The van der Waals surface area contributed by atoms with Gasteiger partial charge < -0.3 is 9.84 Å². The van der Waals surface area contributed by atoms with Gasteiger partial charge in [-0.25, -0.2) is 9.18 Å². The first kappa shape index (κ1) is 13.6. The van der Waals surface area contributed by atoms with E-state index in [1.165, 1.54) is 18.2 Å². The van der Waals surface area contributed by atoms with Crippen LogP contribution in [0.4, 0.5) is 4.39 Å². The molecule has 0 bridgehead atoms. The standard InChI is InChI=1S/C15H10FNO3/c1-9-2-5-12(15(18)19)14(6-9)20-11-4-3-10(8-17)13(16)7-11/h2-7H,1H3,(H,18,19). The molecule has 0 aliphatic heterocycles. The van der Waals surface area contributed by atoms with Crippen LogP contribution >= 0.6 is 0 Å². The number of carbonyl (C=O) groups is 1. The highest BCUT2D eigenvalue weighted by Gasteiger charge is 2.13. The van der Waals surface area contributed by atoms with E-state index in [2.05, 4.69) is 0 Å². The van der Waals surface area contributed by atoms with Crippen molar-refractivity contribution in [2.45, 2.75) is 6.92 Å². The van der Waals surface area contributed by atoms with E-state index in [-0.39, 0.29) is 22.6 Å². The number of aryl methyl sites for hydroxylation is 1. The number of aromatic carboxylic acids is 1. The first-order valence-electron chi connectivity index (χ1n) is 5.72. The van der Waals surface area contributed by atoms with Crippen molar-refractivity contribution in [2.75, 3.05) is 0 Å². The van der Waals surface area contributed by atoms with Crippen LogP contribution in [0.3, 0.4) is 0 Å². The second-order valence-electron chi connectivity index (χ2n) is 4.16. The molecule has 0 fully saturated rings. The van der Waals surface area contributed by atoms with Gasteiger partial charge in [0.1, 0.15) is 28.9 Å². The number of nitriles is 1. The number of hydrogen-bond donors (Lipinski definition) is 1. The fourth-order valence-corrected chi connectivity index (χ4v) is 1.67. The number of hydrogen-bond acceptors (Lipinski definition) is 3. The largest absolute Gasteiger partial charge is 0.478 e. The normalized spacial score (nSPS) is 9.85. The summed E-state index contributed by atoms with van der Waals surface area (Å²) in [5.74, 6) is -1.58. The van der Waals surface area contributed by atoms with Gasteiger partial charge in [0, 0.05) is 6.07 Å². The molecule has 2 aromatic carbocycles. The van der Waals surface area contributed by atoms with Gasteiger partial charge in [-0.15, -0.1) is 0 Å². The minimum Gasteiger partial charge on any atom is -0.478 e. The molecule has 0 atom stereocenters. The number of ether oxygens (including phenoxy) is 1. The summed E-state index contributed by atoms with van der Waals surface area (Å²) >= 11 is 0. The van der Waals surface area contributed by atoms with Gasteiger partial charge in [0.15, 0.2) is 0 Å². The summed E-state index contributed by atoms with van der Waals surface area (Å²) in [4.78, 5) is 11.1. The van der Waals surface area contributed by atoms with Crippen LogP contribution in [0.15, 0.2) is 36.4 Å². The second-order valence-corrected chi connectivity index (χ2v) is 4.16. The topological polar surface area (TPSA) is 70.3 Å². The third-order valence-corrected chi connectivity index (χ3v) is 2.66. The molecule has 0 saturated heterocycles. The van der Waals surface area contributed by atoms with Gasteiger partial charge >= 0.3 is 5.97 Å². The van der Waals surface area contributed by atoms with Crippen LogP contribution in [0.5, 0.6) is 11.5 Å². The lowest BCUT2D eigenvalue weighted by molar-refractivity contribution is 0.0694. The molecule has 0 unspecified atom stereocenters. The fraction of sp³-hybridized carbons (Fsp3) is 0.0667. The molecule has 0 aliphatic rings. The van der Waals surface area contributed by atoms with Crippen LogP contribution in [-0.4, -0.2) is 11.1 Å². The maximum atomic E-state index is 13.5. The lowest BCUT2D eigenvalue weighted by Crippen LogP contribution is -2.00. The van der Waals surface area contributed by atoms with Crippen molar-refractivity contribution in [1.82, 2.24) is 0 Å². The van der Waals surface area contributed by atoms with E-state index < -0.39 is 11.8 Å². The summed E-state index contributed by atoms with van der Waals surface area (Å²) in [5, 5.41) is 17.7. The average Bonchev–Trinajstić information content (AvgIpc) is 2.38. The highest BCUT2D eigenvalue weighted by atomic mass is 19.1. The van der Waals surface area contributed by atoms with Gasteiger partial charge in [-0.3, -0.25) is 0 Å². The Kier molecular flexibility index (Phi) is 3.67. The molecular weight excluding hydrogens is 261 g/mol. The quantitative estimate of drug-likeness (QED) is 0.927. The minimum absolute atomic E-state index is 0.0135. The lowest BCUT2D eigenvalue weighted by Gasteiger charge is -2.10. The Bertz CT molecular complexity index is 720. The van der Waals surface area contributed by atoms with Crippen LogP contribution < -0.4 is 4.74 Å². The maximum absolute atomic E-state index is 13.5. The van der Waals surface area contributed by atoms with Crippen molar-refractivity contribution in [3.63, 3.8) is 0 Å². The first-order chi connectivity index (χ1) is 9.51. The summed E-state index contributed by atoms with van der Waals surface area (Å²) in [5.41, 5.74) is 0.708. The summed E-state index contributed by atoms with van der Waals surface area (Å²) in [6, 6.07) is 10.1. The summed E-state index contributed by atoms with van der Waals surface area (Å²) < 4.78 is 18.9. The Morgan fingerprint density at radius 3 is 2.65 bits per heavy atom. The van der Waals surface area contributed by atoms with E-state index in [0.29, 0.717) is 0 Å². The molecule has 0 radical (unpaired) electrons. The van der Waals surface area contributed by atoms with Crippen molar-refractivity contribution in [2.24, 2.45) is 0 Å². The minimum atomic E-state index is -1.13. The molecule has 5 heteroatoms. The van der Waals surface area contributed by atoms with Gasteiger partial charge in [-0.1, -0.05) is 6.07 Å². The third kappa shape index (κ3) is 2.75. The predicted molar refractivity (Wildman–Crippen MR) is 69.3 cm³/mol. The van der Waals surface area contributed by atoms with E-state index in [4.69, 9.17) is 15.1 Å². The van der Waals surface area contributed by atoms with E-state index in [0.717, 1.165) is 11.6 Å². The van der Waals surface area contributed by atoms with Crippen LogP contribution in [0, 0.1) is 24.1 Å². The van der Waals surface area contributed by atoms with Crippen molar-refractivity contribution in [1.29, 1.82) is 5.26 Å². The van der Waals surface area contributed by atoms with Crippen LogP contribution in [0.25, 0.3) is 0 Å². The van der Waals surface area contributed by atoms with E-state index in [1.807, 2.05) is 0 Å². The maximum Gasteiger partial charge on any atom is 0.339 e. The molecule has 0 amide bonds. The number of nitrogens with zero attached hydrogens (tertiary/aromatic N) is 1. The predicted octanol–water partition coefficient (Wildman–Crippen LogP) is 3.50. The number of rotatable bonds is 3. The molecule has 2 rings (SSSR count). The average molecular weight is 271 g/mol. The Morgan fingerprint density at radius 2 is 2.05 bits per heavy atom. The van der Waals surface area contributed by atoms with Crippen molar-refractivity contribution in [3.05, 3.63) is 58.9 Å². The van der Waals surface area contributed by atoms with Crippen LogP contribution in [0.2, 0.25) is 0 Å². The highest BCUT2D eigenvalue weighted by Crippen LogP contribution is 2.27. The highest BCUT2D eigenvalue weighted by molar-refractivity contribution is 5.91. The SMILES string of the molecule is Cc1ccc(C(=O)O)c(Oc2ccc(C#N)c(F)c2)c1. The molecule has 1 N–H and O–H groups in total. The van der Waals surface area contributed by atoms with Crippen LogP contribution in [-0.2, 0) is 0 Å². The van der Waals surface area contributed by atoms with Crippen molar-refractivity contribution in [3.8, 4) is 17.6 Å². The monoisotopic (exact) mass is 271 g/mol. The van der Waals surface area contributed by atoms with Crippen LogP contribution in [0.1, 0.15) is 21.5 Å². The van der Waals surface area contributed by atoms with Gasteiger partial charge in [-0.05, 0) is 36.8 Å². The van der Waals surface area contributed by atoms with Gasteiger partial charge in [0.25, 0.3) is 0 Å². The lowest BCUT2D eigenvalue weighted by atomic mass is 10.1. The molecule has 0 saturated carbocycles. The molecule has 0 spiro atoms. The Labute approximate surface area is 114 Å². The number of halogens is 1. The molecule has 0 aromatic heterocycles. The zero-order valence-electron chi connectivity index (χ0n) is 10.6. The molecule has 100 valence electrons. The molecular formula is C15H10FNO3. The summed E-state index contributed by atoms with van der Waals surface area (Å²) in [7, 11) is 0. The van der Waals surface area contributed by atoms with Gasteiger partial charge in [0.2, 0.25) is 0 Å². The fourth-order valence-electron chi connectivity index (χ4n) is 1.67. The molecule has 0 aliphatic carbocycles. The van der Waals surface area contributed by atoms with Gasteiger partial charge in [-0.2, -0.15) is 5.26 Å². The zero-order chi connectivity index (χ0) is 14.7. The van der Waals surface area contributed by atoms with E-state index in [9.17, 15) is 9.18 Å². The molecule has 20 heavy (non-hydrogen) atoms. The summed E-state index contributed by atoms with van der Waals surface area (Å²) in [6.45, 7) is 1.79. The number of carboxylic acids is 1. The Balaban J connectivity index is 2.39. The first-order valence-corrected chi connectivity index (χ1v) is 5.72. The van der Waals surface area contributed by atoms with E-state index >= 15 is 0 Å². The third-order valence-electron chi connectivity index (χ3n) is 2.66. The van der Waals surface area contributed by atoms with Crippen molar-refractivity contribution < 1.29 is 19.0 Å². The second kappa shape index (κ2) is 5.41. The number of carboxylic acid groups (broad SMARTS) is 1. The number of benzene rings is 2. The Hall–Kier alpha value is -2.87. The smallest absolute Gasteiger partial charge is 0.339 e. The Morgan fingerprint density at radius 1 is 1.30 bits per heavy atom. The molecule has 0 heterocycles.